The molecule has 0 radical (unpaired) electrons. The number of nitrogens with one attached hydrogen (secondary N) is 1. The van der Waals surface area contributed by atoms with Crippen molar-refractivity contribution in [3.63, 3.8) is 0 Å². The third-order valence-corrected chi connectivity index (χ3v) is 1.63. The molecular weight excluding hydrogens is 112 g/mol. The van der Waals surface area contributed by atoms with E-state index < -0.39 is 0 Å². The van der Waals surface area contributed by atoms with Crippen LogP contribution in [0.2, 0.25) is 0 Å². The van der Waals surface area contributed by atoms with E-state index in [-0.39, 0.29) is 0 Å². The number of hydrazone groups is 1. The normalized spacial score (nSPS) is 21.3. The minimum Gasteiger partial charge on any atom is -0.265 e. The summed E-state index contributed by atoms with van der Waals surface area (Å²) in [5.74, 6) is 0. The summed E-state index contributed by atoms with van der Waals surface area (Å²) in [7, 11) is 0. The second kappa shape index (κ2) is 4.36. The molecule has 1 saturated carbocycles. The van der Waals surface area contributed by atoms with Crippen LogP contribution >= 0.6 is 0 Å². The van der Waals surface area contributed by atoms with Crippen molar-refractivity contribution < 1.29 is 0 Å². The second-order valence-corrected chi connectivity index (χ2v) is 2.51. The molecule has 1 heterocycles. The minimum atomic E-state index is 1.50. The molecule has 9 heavy (non-hydrogen) atoms. The van der Waals surface area contributed by atoms with Gasteiger partial charge in [0.1, 0.15) is 6.34 Å². The SMILES string of the molecule is C1=NN1.C1CCCCC1. The lowest BCUT2D eigenvalue weighted by atomic mass is 10.0. The average Bonchev–Trinajstić information content (AvgIpc) is 2.76. The quantitative estimate of drug-likeness (QED) is 0.528. The van der Waals surface area contributed by atoms with Crippen molar-refractivity contribution >= 4 is 6.34 Å². The summed E-state index contributed by atoms with van der Waals surface area (Å²) < 4.78 is 0. The number of rotatable bonds is 0. The van der Waals surface area contributed by atoms with Crippen molar-refractivity contribution in [2.45, 2.75) is 38.5 Å². The lowest BCUT2D eigenvalue weighted by Gasteiger charge is -2.05. The number of nitrogens with zero attached hydrogens (tertiary/aromatic N) is 1. The third-order valence-electron chi connectivity index (χ3n) is 1.63. The van der Waals surface area contributed by atoms with Gasteiger partial charge in [0, 0.05) is 0 Å². The largest absolute Gasteiger partial charge is 0.265 e. The molecule has 0 aromatic rings. The number of hydrogen-bond donors (Lipinski definition) is 1. The van der Waals surface area contributed by atoms with Gasteiger partial charge < -0.3 is 0 Å². The van der Waals surface area contributed by atoms with Crippen LogP contribution in [0.1, 0.15) is 38.5 Å². The predicted molar refractivity (Wildman–Crippen MR) is 39.3 cm³/mol. The summed E-state index contributed by atoms with van der Waals surface area (Å²) in [6, 6.07) is 0. The zero-order valence-corrected chi connectivity index (χ0v) is 5.77. The van der Waals surface area contributed by atoms with E-state index in [1.165, 1.54) is 38.5 Å². The Hall–Kier alpha value is -0.530. The molecule has 0 bridgehead atoms. The van der Waals surface area contributed by atoms with Gasteiger partial charge in [-0.25, -0.2) is 0 Å². The fourth-order valence-corrected chi connectivity index (χ4v) is 1.06. The molecule has 52 valence electrons. The predicted octanol–water partition coefficient (Wildman–Crippen LogP) is 1.87. The van der Waals surface area contributed by atoms with Crippen LogP contribution < -0.4 is 5.43 Å². The van der Waals surface area contributed by atoms with E-state index in [9.17, 15) is 0 Å². The van der Waals surface area contributed by atoms with Gasteiger partial charge in [-0.1, -0.05) is 38.5 Å². The van der Waals surface area contributed by atoms with E-state index in [1.54, 1.807) is 6.34 Å². The highest BCUT2D eigenvalue weighted by Gasteiger charge is 1.95. The van der Waals surface area contributed by atoms with Gasteiger partial charge >= 0.3 is 0 Å². The maximum Gasteiger partial charge on any atom is 0.129 e. The van der Waals surface area contributed by atoms with Crippen molar-refractivity contribution in [3.8, 4) is 0 Å². The molecular formula is C7H14N2. The Morgan fingerprint density at radius 1 is 0.889 bits per heavy atom. The highest BCUT2D eigenvalue weighted by Crippen LogP contribution is 2.15. The van der Waals surface area contributed by atoms with Crippen LogP contribution in [-0.4, -0.2) is 6.34 Å². The van der Waals surface area contributed by atoms with Gasteiger partial charge in [0.2, 0.25) is 0 Å². The molecule has 0 spiro atoms. The van der Waals surface area contributed by atoms with E-state index in [2.05, 4.69) is 10.5 Å². The van der Waals surface area contributed by atoms with Crippen LogP contribution in [0.3, 0.4) is 0 Å². The fourth-order valence-electron chi connectivity index (χ4n) is 1.06. The lowest BCUT2D eigenvalue weighted by Crippen LogP contribution is -1.85. The van der Waals surface area contributed by atoms with Crippen molar-refractivity contribution in [2.75, 3.05) is 0 Å². The first-order valence-corrected chi connectivity index (χ1v) is 3.77. The summed E-state index contributed by atoms with van der Waals surface area (Å²) in [6.45, 7) is 0. The van der Waals surface area contributed by atoms with Gasteiger partial charge in [-0.3, -0.25) is 5.43 Å². The van der Waals surface area contributed by atoms with Gasteiger partial charge in [0.25, 0.3) is 0 Å². The summed E-state index contributed by atoms with van der Waals surface area (Å²) in [5.41, 5.74) is 2.50. The Morgan fingerprint density at radius 2 is 1.11 bits per heavy atom. The molecule has 0 atom stereocenters. The Labute approximate surface area is 56.3 Å². The van der Waals surface area contributed by atoms with E-state index in [1.807, 2.05) is 0 Å². The Bertz CT molecular complexity index is 69.4. The smallest absolute Gasteiger partial charge is 0.129 e. The minimum absolute atomic E-state index is 1.50. The standard InChI is InChI=1S/C6H12.CH2N2/c1-2-4-6-5-3-1;1-2-3-1/h1-6H2;1H,(H,2,3). The average molecular weight is 126 g/mol. The van der Waals surface area contributed by atoms with Gasteiger partial charge in [-0.15, -0.1) is 0 Å². The van der Waals surface area contributed by atoms with Gasteiger partial charge in [0.05, 0.1) is 0 Å². The summed E-state index contributed by atoms with van der Waals surface area (Å²) in [5, 5.41) is 3.38. The molecule has 0 amide bonds. The summed E-state index contributed by atoms with van der Waals surface area (Å²) in [4.78, 5) is 0. The van der Waals surface area contributed by atoms with E-state index in [4.69, 9.17) is 0 Å². The Kier molecular flexibility index (Phi) is 3.19. The van der Waals surface area contributed by atoms with Crippen molar-refractivity contribution in [1.82, 2.24) is 5.43 Å². The lowest BCUT2D eigenvalue weighted by molar-refractivity contribution is 0.504. The van der Waals surface area contributed by atoms with E-state index in [0.29, 0.717) is 0 Å². The second-order valence-electron chi connectivity index (χ2n) is 2.51. The molecule has 0 unspecified atom stereocenters. The van der Waals surface area contributed by atoms with Crippen molar-refractivity contribution in [1.29, 1.82) is 0 Å². The summed E-state index contributed by atoms with van der Waals surface area (Å²) in [6.07, 6.45) is 10.6. The topological polar surface area (TPSA) is 34.3 Å². The van der Waals surface area contributed by atoms with Gasteiger partial charge in [0.15, 0.2) is 0 Å². The monoisotopic (exact) mass is 126 g/mol. The fraction of sp³-hybridized carbons (Fsp3) is 0.857. The van der Waals surface area contributed by atoms with Crippen LogP contribution in [0.25, 0.3) is 0 Å². The van der Waals surface area contributed by atoms with E-state index >= 15 is 0 Å². The summed E-state index contributed by atoms with van der Waals surface area (Å²) >= 11 is 0. The molecule has 1 fully saturated rings. The van der Waals surface area contributed by atoms with Crippen LogP contribution in [0.15, 0.2) is 5.10 Å². The molecule has 0 aromatic carbocycles. The zero-order valence-electron chi connectivity index (χ0n) is 5.77. The van der Waals surface area contributed by atoms with Crippen LogP contribution in [0.4, 0.5) is 0 Å². The Balaban J connectivity index is 0.000000112. The highest BCUT2D eigenvalue weighted by molar-refractivity contribution is 5.64. The van der Waals surface area contributed by atoms with Gasteiger partial charge in [-0.2, -0.15) is 5.10 Å². The van der Waals surface area contributed by atoms with Crippen LogP contribution in [0, 0.1) is 0 Å². The maximum absolute atomic E-state index is 3.38. The first kappa shape index (κ1) is 6.59. The molecule has 2 rings (SSSR count). The third kappa shape index (κ3) is 5.34. The molecule has 1 N–H and O–H groups in total. The molecule has 1 aliphatic carbocycles. The van der Waals surface area contributed by atoms with Crippen molar-refractivity contribution in [3.05, 3.63) is 0 Å². The van der Waals surface area contributed by atoms with E-state index in [0.717, 1.165) is 0 Å². The van der Waals surface area contributed by atoms with Crippen molar-refractivity contribution in [2.24, 2.45) is 5.10 Å². The van der Waals surface area contributed by atoms with Crippen LogP contribution in [-0.2, 0) is 0 Å². The highest BCUT2D eigenvalue weighted by atomic mass is 15.4. The molecule has 0 saturated heterocycles. The molecule has 0 aromatic heterocycles. The first-order chi connectivity index (χ1) is 4.50. The first-order valence-electron chi connectivity index (χ1n) is 3.77. The zero-order chi connectivity index (χ0) is 6.36. The number of hydrogen-bond acceptors (Lipinski definition) is 2. The molecule has 2 heteroatoms. The Morgan fingerprint density at radius 3 is 1.22 bits per heavy atom. The molecule has 1 aliphatic heterocycles. The molecule has 2 nitrogen and oxygen atoms in total. The van der Waals surface area contributed by atoms with Crippen LogP contribution in [0.5, 0.6) is 0 Å². The maximum atomic E-state index is 3.38. The van der Waals surface area contributed by atoms with Gasteiger partial charge in [-0.05, 0) is 0 Å². The molecule has 2 aliphatic rings.